The molecule has 0 aliphatic carbocycles. The standard InChI is InChI=1S/C11H18N2O4/c1-2-8(7-14)12-9(15)5-6-13-10(16)3-4-11(13)17/h8,14H,2-7H2,1H3,(H,12,15). The van der Waals surface area contributed by atoms with Crippen molar-refractivity contribution in [2.45, 2.75) is 38.6 Å². The molecule has 3 amide bonds. The molecule has 96 valence electrons. The zero-order chi connectivity index (χ0) is 12.8. The number of nitrogens with zero attached hydrogens (tertiary/aromatic N) is 1. The van der Waals surface area contributed by atoms with E-state index in [2.05, 4.69) is 5.32 Å². The van der Waals surface area contributed by atoms with Gasteiger partial charge in [0.2, 0.25) is 17.7 Å². The Morgan fingerprint density at radius 3 is 2.47 bits per heavy atom. The number of imide groups is 1. The van der Waals surface area contributed by atoms with E-state index in [0.717, 1.165) is 4.90 Å². The van der Waals surface area contributed by atoms with Crippen LogP contribution < -0.4 is 5.32 Å². The molecule has 1 unspecified atom stereocenters. The lowest BCUT2D eigenvalue weighted by molar-refractivity contribution is -0.138. The molecule has 1 rings (SSSR count). The highest BCUT2D eigenvalue weighted by molar-refractivity contribution is 6.02. The van der Waals surface area contributed by atoms with Crippen LogP contribution >= 0.6 is 0 Å². The highest BCUT2D eigenvalue weighted by atomic mass is 16.3. The van der Waals surface area contributed by atoms with Gasteiger partial charge in [0.25, 0.3) is 0 Å². The Morgan fingerprint density at radius 2 is 2.00 bits per heavy atom. The molecule has 0 saturated carbocycles. The van der Waals surface area contributed by atoms with E-state index in [9.17, 15) is 14.4 Å². The van der Waals surface area contributed by atoms with Gasteiger partial charge in [-0.05, 0) is 6.42 Å². The molecule has 1 aliphatic heterocycles. The van der Waals surface area contributed by atoms with Gasteiger partial charge in [0.1, 0.15) is 0 Å². The van der Waals surface area contributed by atoms with Crippen LogP contribution in [0.3, 0.4) is 0 Å². The predicted octanol–water partition coefficient (Wildman–Crippen LogP) is -0.587. The van der Waals surface area contributed by atoms with Crippen LogP contribution in [0.5, 0.6) is 0 Å². The van der Waals surface area contributed by atoms with Crippen LogP contribution in [0.15, 0.2) is 0 Å². The Balaban J connectivity index is 2.32. The summed E-state index contributed by atoms with van der Waals surface area (Å²) >= 11 is 0. The predicted molar refractivity (Wildman–Crippen MR) is 59.9 cm³/mol. The normalized spacial score (nSPS) is 17.4. The topological polar surface area (TPSA) is 86.7 Å². The van der Waals surface area contributed by atoms with Gasteiger partial charge in [0, 0.05) is 25.8 Å². The molecule has 1 aliphatic rings. The number of hydrogen-bond acceptors (Lipinski definition) is 4. The molecule has 0 aromatic carbocycles. The van der Waals surface area contributed by atoms with E-state index in [1.807, 2.05) is 6.92 Å². The summed E-state index contributed by atoms with van der Waals surface area (Å²) in [5.74, 6) is -0.674. The van der Waals surface area contributed by atoms with Crippen molar-refractivity contribution >= 4 is 17.7 Å². The summed E-state index contributed by atoms with van der Waals surface area (Å²) in [7, 11) is 0. The Hall–Kier alpha value is -1.43. The minimum Gasteiger partial charge on any atom is -0.394 e. The average Bonchev–Trinajstić information content (AvgIpc) is 2.63. The largest absolute Gasteiger partial charge is 0.394 e. The maximum absolute atomic E-state index is 11.5. The fourth-order valence-corrected chi connectivity index (χ4v) is 1.66. The summed E-state index contributed by atoms with van der Waals surface area (Å²) < 4.78 is 0. The van der Waals surface area contributed by atoms with Crippen LogP contribution in [-0.2, 0) is 14.4 Å². The number of nitrogens with one attached hydrogen (secondary N) is 1. The molecule has 0 aromatic heterocycles. The van der Waals surface area contributed by atoms with Crippen molar-refractivity contribution in [3.05, 3.63) is 0 Å². The van der Waals surface area contributed by atoms with Gasteiger partial charge in [-0.15, -0.1) is 0 Å². The lowest BCUT2D eigenvalue weighted by Crippen LogP contribution is -2.39. The zero-order valence-corrected chi connectivity index (χ0v) is 9.94. The number of aliphatic hydroxyl groups is 1. The molecule has 1 heterocycles. The number of likely N-dealkylation sites (tertiary alicyclic amines) is 1. The third-order valence-corrected chi connectivity index (χ3v) is 2.80. The van der Waals surface area contributed by atoms with E-state index in [0.29, 0.717) is 6.42 Å². The van der Waals surface area contributed by atoms with Crippen LogP contribution in [-0.4, -0.2) is 46.9 Å². The molecule has 1 saturated heterocycles. The first kappa shape index (κ1) is 13.6. The van der Waals surface area contributed by atoms with Crippen LogP contribution in [0.1, 0.15) is 32.6 Å². The van der Waals surface area contributed by atoms with Gasteiger partial charge in [0.05, 0.1) is 12.6 Å². The van der Waals surface area contributed by atoms with Crippen LogP contribution in [0, 0.1) is 0 Å². The van der Waals surface area contributed by atoms with Crippen LogP contribution in [0.25, 0.3) is 0 Å². The Labute approximate surface area is 100.0 Å². The fourth-order valence-electron chi connectivity index (χ4n) is 1.66. The summed E-state index contributed by atoms with van der Waals surface area (Å²) in [5.41, 5.74) is 0. The maximum atomic E-state index is 11.5. The van der Waals surface area contributed by atoms with E-state index < -0.39 is 0 Å². The van der Waals surface area contributed by atoms with Crippen LogP contribution in [0.4, 0.5) is 0 Å². The van der Waals surface area contributed by atoms with Gasteiger partial charge in [-0.3, -0.25) is 19.3 Å². The minimum absolute atomic E-state index is 0.0912. The third kappa shape index (κ3) is 3.81. The number of rotatable bonds is 6. The van der Waals surface area contributed by atoms with E-state index >= 15 is 0 Å². The smallest absolute Gasteiger partial charge is 0.229 e. The van der Waals surface area contributed by atoms with Crippen molar-refractivity contribution in [1.29, 1.82) is 0 Å². The number of aliphatic hydroxyl groups excluding tert-OH is 1. The van der Waals surface area contributed by atoms with E-state index in [4.69, 9.17) is 5.11 Å². The minimum atomic E-state index is -0.257. The van der Waals surface area contributed by atoms with E-state index in [1.165, 1.54) is 0 Å². The molecular weight excluding hydrogens is 224 g/mol. The lowest BCUT2D eigenvalue weighted by Gasteiger charge is -2.16. The van der Waals surface area contributed by atoms with Gasteiger partial charge in [0.15, 0.2) is 0 Å². The van der Waals surface area contributed by atoms with Crippen molar-refractivity contribution in [3.8, 4) is 0 Å². The molecule has 0 aromatic rings. The number of hydrogen-bond donors (Lipinski definition) is 2. The maximum Gasteiger partial charge on any atom is 0.229 e. The first-order valence-electron chi connectivity index (χ1n) is 5.81. The van der Waals surface area contributed by atoms with Gasteiger partial charge in [-0.2, -0.15) is 0 Å². The van der Waals surface area contributed by atoms with Crippen molar-refractivity contribution in [2.75, 3.05) is 13.2 Å². The van der Waals surface area contributed by atoms with Gasteiger partial charge >= 0.3 is 0 Å². The second kappa shape index (κ2) is 6.34. The monoisotopic (exact) mass is 242 g/mol. The molecular formula is C11H18N2O4. The molecule has 1 fully saturated rings. The molecule has 6 heteroatoms. The summed E-state index contributed by atoms with van der Waals surface area (Å²) in [6.45, 7) is 1.88. The number of carbonyl (C=O) groups is 3. The molecule has 1 atom stereocenters. The van der Waals surface area contributed by atoms with Crippen molar-refractivity contribution in [1.82, 2.24) is 10.2 Å². The summed E-state index contributed by atoms with van der Waals surface area (Å²) in [6, 6.07) is -0.257. The highest BCUT2D eigenvalue weighted by Crippen LogP contribution is 2.11. The molecule has 0 bridgehead atoms. The second-order valence-corrected chi connectivity index (χ2v) is 4.04. The van der Waals surface area contributed by atoms with Crippen molar-refractivity contribution in [3.63, 3.8) is 0 Å². The first-order valence-corrected chi connectivity index (χ1v) is 5.81. The summed E-state index contributed by atoms with van der Waals surface area (Å²) in [4.78, 5) is 35.1. The van der Waals surface area contributed by atoms with E-state index in [1.54, 1.807) is 0 Å². The van der Waals surface area contributed by atoms with E-state index in [-0.39, 0.29) is 56.2 Å². The first-order chi connectivity index (χ1) is 8.08. The Kier molecular flexibility index (Phi) is 5.09. The molecule has 17 heavy (non-hydrogen) atoms. The third-order valence-electron chi connectivity index (χ3n) is 2.80. The second-order valence-electron chi connectivity index (χ2n) is 4.04. The molecule has 6 nitrogen and oxygen atoms in total. The Bertz CT molecular complexity index is 297. The van der Waals surface area contributed by atoms with Gasteiger partial charge in [-0.1, -0.05) is 6.92 Å². The summed E-state index contributed by atoms with van der Waals surface area (Å²) in [5, 5.41) is 11.5. The quantitative estimate of drug-likeness (QED) is 0.610. The number of carbonyl (C=O) groups excluding carboxylic acids is 3. The van der Waals surface area contributed by atoms with Gasteiger partial charge in [-0.25, -0.2) is 0 Å². The van der Waals surface area contributed by atoms with Crippen molar-refractivity contribution < 1.29 is 19.5 Å². The fraction of sp³-hybridized carbons (Fsp3) is 0.727. The highest BCUT2D eigenvalue weighted by Gasteiger charge is 2.28. The number of amides is 3. The van der Waals surface area contributed by atoms with Crippen LogP contribution in [0.2, 0.25) is 0 Å². The Morgan fingerprint density at radius 1 is 1.41 bits per heavy atom. The summed E-state index contributed by atoms with van der Waals surface area (Å²) in [6.07, 6.45) is 1.22. The van der Waals surface area contributed by atoms with Crippen molar-refractivity contribution in [2.24, 2.45) is 0 Å². The SMILES string of the molecule is CCC(CO)NC(=O)CCN1C(=O)CCC1=O. The lowest BCUT2D eigenvalue weighted by atomic mass is 10.2. The molecule has 0 radical (unpaired) electrons. The average molecular weight is 242 g/mol. The zero-order valence-electron chi connectivity index (χ0n) is 9.94. The molecule has 2 N–H and O–H groups in total. The van der Waals surface area contributed by atoms with Gasteiger partial charge < -0.3 is 10.4 Å². The molecule has 0 spiro atoms.